The molecule has 0 saturated carbocycles. The molecule has 0 atom stereocenters. The zero-order chi connectivity index (χ0) is 13.1. The van der Waals surface area contributed by atoms with Gasteiger partial charge < -0.3 is 9.73 Å². The Bertz CT molecular complexity index is 511. The molecule has 0 spiro atoms. The Balaban J connectivity index is 2.04. The van der Waals surface area contributed by atoms with Crippen molar-refractivity contribution in [3.8, 4) is 0 Å². The summed E-state index contributed by atoms with van der Waals surface area (Å²) < 4.78 is 7.68. The Hall–Kier alpha value is -1.55. The molecule has 0 aliphatic rings. The summed E-state index contributed by atoms with van der Waals surface area (Å²) in [6.07, 6.45) is 3.91. The number of hydrogen-bond donors (Lipinski definition) is 1. The largest absolute Gasteiger partial charge is 0.465 e. The van der Waals surface area contributed by atoms with Crippen LogP contribution in [0.2, 0.25) is 0 Å². The molecule has 0 amide bonds. The normalized spacial score (nSPS) is 11.4. The predicted octanol–water partition coefficient (Wildman–Crippen LogP) is 2.64. The molecule has 4 nitrogen and oxygen atoms in total. The fourth-order valence-electron chi connectivity index (χ4n) is 1.86. The van der Waals surface area contributed by atoms with Gasteiger partial charge in [0, 0.05) is 17.8 Å². The molecule has 98 valence electrons. The monoisotopic (exact) mass is 247 g/mol. The van der Waals surface area contributed by atoms with Crippen molar-refractivity contribution in [2.75, 3.05) is 0 Å². The molecule has 0 aliphatic carbocycles. The van der Waals surface area contributed by atoms with Crippen LogP contribution in [0.1, 0.15) is 36.5 Å². The maximum absolute atomic E-state index is 5.74. The van der Waals surface area contributed by atoms with Crippen LogP contribution in [0.15, 0.2) is 22.9 Å². The van der Waals surface area contributed by atoms with Crippen LogP contribution in [0.5, 0.6) is 0 Å². The number of furan rings is 1. The molecule has 0 saturated heterocycles. The minimum atomic E-state index is 0.465. The fourth-order valence-corrected chi connectivity index (χ4v) is 1.86. The molecule has 1 N–H and O–H groups in total. The summed E-state index contributed by atoms with van der Waals surface area (Å²) >= 11 is 0. The maximum Gasteiger partial charge on any atom is 0.118 e. The van der Waals surface area contributed by atoms with Crippen LogP contribution < -0.4 is 5.32 Å². The number of aryl methyl sites for hydroxylation is 2. The zero-order valence-corrected chi connectivity index (χ0v) is 11.5. The highest BCUT2D eigenvalue weighted by atomic mass is 16.3. The van der Waals surface area contributed by atoms with Crippen LogP contribution in [0.25, 0.3) is 0 Å². The Morgan fingerprint density at radius 3 is 2.78 bits per heavy atom. The van der Waals surface area contributed by atoms with E-state index in [1.54, 1.807) is 0 Å². The van der Waals surface area contributed by atoms with Gasteiger partial charge in [-0.2, -0.15) is 5.10 Å². The molecule has 18 heavy (non-hydrogen) atoms. The van der Waals surface area contributed by atoms with E-state index < -0.39 is 0 Å². The van der Waals surface area contributed by atoms with Crippen LogP contribution in [0.3, 0.4) is 0 Å². The van der Waals surface area contributed by atoms with Crippen molar-refractivity contribution in [2.24, 2.45) is 0 Å². The summed E-state index contributed by atoms with van der Waals surface area (Å²) in [6.45, 7) is 9.85. The second kappa shape index (κ2) is 5.40. The number of nitrogens with one attached hydrogen (secondary N) is 1. The van der Waals surface area contributed by atoms with Gasteiger partial charge in [0.15, 0.2) is 0 Å². The molecule has 4 heteroatoms. The quantitative estimate of drug-likeness (QED) is 0.883. The lowest BCUT2D eigenvalue weighted by Crippen LogP contribution is -2.21. The Labute approximate surface area is 108 Å². The highest BCUT2D eigenvalue weighted by Crippen LogP contribution is 2.16. The smallest absolute Gasteiger partial charge is 0.118 e. The average Bonchev–Trinajstić information content (AvgIpc) is 2.84. The summed E-state index contributed by atoms with van der Waals surface area (Å²) in [5.41, 5.74) is 2.37. The lowest BCUT2D eigenvalue weighted by molar-refractivity contribution is 0.445. The van der Waals surface area contributed by atoms with Crippen LogP contribution >= 0.6 is 0 Å². The van der Waals surface area contributed by atoms with Crippen LogP contribution in [0, 0.1) is 13.8 Å². The van der Waals surface area contributed by atoms with Crippen molar-refractivity contribution in [2.45, 2.75) is 46.8 Å². The summed E-state index contributed by atoms with van der Waals surface area (Å²) in [6, 6.07) is 2.58. The van der Waals surface area contributed by atoms with Gasteiger partial charge in [0.05, 0.1) is 19.3 Å². The number of nitrogens with zero attached hydrogens (tertiary/aromatic N) is 2. The van der Waals surface area contributed by atoms with Crippen LogP contribution in [0.4, 0.5) is 0 Å². The SMILES string of the molecule is Cc1cnn(Cc2cc(CNC(C)C)oc2C)c1. The predicted molar refractivity (Wildman–Crippen MR) is 71.5 cm³/mol. The molecule has 0 aliphatic heterocycles. The van der Waals surface area contributed by atoms with E-state index in [-0.39, 0.29) is 0 Å². The van der Waals surface area contributed by atoms with E-state index in [4.69, 9.17) is 4.42 Å². The molecule has 2 aromatic heterocycles. The topological polar surface area (TPSA) is 43.0 Å². The number of rotatable bonds is 5. The standard InChI is InChI=1S/C14H21N3O/c1-10(2)15-7-14-5-13(12(4)18-14)9-17-8-11(3)6-16-17/h5-6,8,10,15H,7,9H2,1-4H3. The molecule has 0 radical (unpaired) electrons. The first-order chi connectivity index (χ1) is 8.54. The first-order valence-corrected chi connectivity index (χ1v) is 6.35. The molecular formula is C14H21N3O. The Kier molecular flexibility index (Phi) is 3.87. The van der Waals surface area contributed by atoms with E-state index >= 15 is 0 Å². The second-order valence-corrected chi connectivity index (χ2v) is 5.05. The third kappa shape index (κ3) is 3.23. The van der Waals surface area contributed by atoms with Gasteiger partial charge in [0.25, 0.3) is 0 Å². The van der Waals surface area contributed by atoms with Crippen molar-refractivity contribution in [3.05, 3.63) is 41.1 Å². The summed E-state index contributed by atoms with van der Waals surface area (Å²) in [5.74, 6) is 1.96. The minimum absolute atomic E-state index is 0.465. The van der Waals surface area contributed by atoms with Gasteiger partial charge in [-0.3, -0.25) is 4.68 Å². The van der Waals surface area contributed by atoms with Gasteiger partial charge in [-0.1, -0.05) is 13.8 Å². The highest BCUT2D eigenvalue weighted by molar-refractivity contribution is 5.21. The minimum Gasteiger partial charge on any atom is -0.465 e. The molecule has 2 rings (SSSR count). The third-order valence-corrected chi connectivity index (χ3v) is 2.85. The molecule has 2 heterocycles. The Morgan fingerprint density at radius 2 is 2.17 bits per heavy atom. The summed E-state index contributed by atoms with van der Waals surface area (Å²) in [7, 11) is 0. The first kappa shape index (κ1) is 12.9. The molecule has 0 fully saturated rings. The maximum atomic E-state index is 5.74. The van der Waals surface area contributed by atoms with Gasteiger partial charge in [-0.25, -0.2) is 0 Å². The van der Waals surface area contributed by atoms with E-state index in [9.17, 15) is 0 Å². The van der Waals surface area contributed by atoms with Crippen molar-refractivity contribution in [1.29, 1.82) is 0 Å². The summed E-state index contributed by atoms with van der Waals surface area (Å²) in [5, 5.41) is 7.65. The average molecular weight is 247 g/mol. The van der Waals surface area contributed by atoms with Gasteiger partial charge in [-0.05, 0) is 25.5 Å². The zero-order valence-electron chi connectivity index (χ0n) is 11.5. The molecular weight excluding hydrogens is 226 g/mol. The molecule has 0 unspecified atom stereocenters. The van der Waals surface area contributed by atoms with Gasteiger partial charge in [0.1, 0.15) is 11.5 Å². The fraction of sp³-hybridized carbons (Fsp3) is 0.500. The lowest BCUT2D eigenvalue weighted by atomic mass is 10.2. The van der Waals surface area contributed by atoms with E-state index in [1.807, 2.05) is 30.9 Å². The van der Waals surface area contributed by atoms with Crippen LogP contribution in [-0.4, -0.2) is 15.8 Å². The highest BCUT2D eigenvalue weighted by Gasteiger charge is 2.08. The van der Waals surface area contributed by atoms with E-state index in [2.05, 4.69) is 30.3 Å². The second-order valence-electron chi connectivity index (χ2n) is 5.05. The van der Waals surface area contributed by atoms with Gasteiger partial charge >= 0.3 is 0 Å². The van der Waals surface area contributed by atoms with Crippen LogP contribution in [-0.2, 0) is 13.1 Å². The van der Waals surface area contributed by atoms with Crippen molar-refractivity contribution in [1.82, 2.24) is 15.1 Å². The Morgan fingerprint density at radius 1 is 1.39 bits per heavy atom. The lowest BCUT2D eigenvalue weighted by Gasteiger charge is -2.04. The summed E-state index contributed by atoms with van der Waals surface area (Å²) in [4.78, 5) is 0. The number of aromatic nitrogens is 2. The van der Waals surface area contributed by atoms with Gasteiger partial charge in [-0.15, -0.1) is 0 Å². The first-order valence-electron chi connectivity index (χ1n) is 6.35. The van der Waals surface area contributed by atoms with E-state index in [1.165, 1.54) is 11.1 Å². The van der Waals surface area contributed by atoms with Gasteiger partial charge in [0.2, 0.25) is 0 Å². The molecule has 0 aromatic carbocycles. The van der Waals surface area contributed by atoms with E-state index in [0.717, 1.165) is 24.6 Å². The molecule has 2 aromatic rings. The van der Waals surface area contributed by atoms with Crippen molar-refractivity contribution >= 4 is 0 Å². The van der Waals surface area contributed by atoms with Crippen molar-refractivity contribution in [3.63, 3.8) is 0 Å². The van der Waals surface area contributed by atoms with Crippen molar-refractivity contribution < 1.29 is 4.42 Å². The molecule has 0 bridgehead atoms. The number of hydrogen-bond acceptors (Lipinski definition) is 3. The van der Waals surface area contributed by atoms with E-state index in [0.29, 0.717) is 6.04 Å². The third-order valence-electron chi connectivity index (χ3n) is 2.85.